The summed E-state index contributed by atoms with van der Waals surface area (Å²) in [6.45, 7) is 37.8. The molecule has 1 unspecified atom stereocenters. The second-order valence-corrected chi connectivity index (χ2v) is 43.5. The van der Waals surface area contributed by atoms with Crippen LogP contribution in [0.2, 0.25) is 0 Å². The molecule has 0 saturated carbocycles. The van der Waals surface area contributed by atoms with E-state index in [2.05, 4.69) is 435 Å². The zero-order valence-corrected chi connectivity index (χ0v) is 88.1. The van der Waals surface area contributed by atoms with E-state index in [9.17, 15) is 0 Å². The Morgan fingerprint density at radius 1 is 0.269 bits per heavy atom. The smallest absolute Gasteiger partial charge is 0.213 e. The van der Waals surface area contributed by atoms with Gasteiger partial charge in [0, 0.05) is 178 Å². The maximum absolute atomic E-state index is 8.49. The van der Waals surface area contributed by atoms with Gasteiger partial charge in [0.1, 0.15) is 35.2 Å². The molecule has 10 aromatic carbocycles. The Labute approximate surface area is 860 Å². The van der Waals surface area contributed by atoms with Gasteiger partial charge < -0.3 is 0 Å². The van der Waals surface area contributed by atoms with Gasteiger partial charge in [-0.05, 0) is 250 Å². The predicted octanol–water partition coefficient (Wildman–Crippen LogP) is 29.5. The first kappa shape index (κ1) is 91.9. The van der Waals surface area contributed by atoms with Crippen molar-refractivity contribution in [1.29, 1.82) is 0 Å². The number of pyridine rings is 10. The van der Waals surface area contributed by atoms with Gasteiger partial charge in [-0.1, -0.05) is 252 Å². The minimum Gasteiger partial charge on any atom is -0.260 e. The fourth-order valence-corrected chi connectivity index (χ4v) is 24.3. The summed E-state index contributed by atoms with van der Waals surface area (Å²) in [5.41, 5.74) is 53.4. The van der Waals surface area contributed by atoms with E-state index in [1.165, 1.54) is 218 Å². The molecule has 0 spiro atoms. The molecule has 0 amide bonds. The summed E-state index contributed by atoms with van der Waals surface area (Å²) in [6, 6.07) is 107. The third-order valence-corrected chi connectivity index (χ3v) is 31.9. The zero-order chi connectivity index (χ0) is 104. The van der Waals surface area contributed by atoms with Crippen molar-refractivity contribution in [3.63, 3.8) is 0 Å². The molecule has 20 aromatic rings. The highest BCUT2D eigenvalue weighted by Crippen LogP contribution is 2.57. The lowest BCUT2D eigenvalue weighted by molar-refractivity contribution is -0.660. The van der Waals surface area contributed by atoms with Crippen LogP contribution in [-0.2, 0) is 68.7 Å². The van der Waals surface area contributed by atoms with Crippen LogP contribution in [0.1, 0.15) is 188 Å². The van der Waals surface area contributed by atoms with Crippen LogP contribution < -0.4 is 22.8 Å². The molecule has 1 atom stereocenters. The van der Waals surface area contributed by atoms with E-state index in [0.717, 1.165) is 50.8 Å². The number of benzene rings is 10. The van der Waals surface area contributed by atoms with Gasteiger partial charge in [-0.15, -0.1) is 0 Å². The molecular weight excluding hydrogens is 1760 g/mol. The average molecular weight is 1900 g/mol. The van der Waals surface area contributed by atoms with Crippen molar-refractivity contribution in [3.05, 3.63) is 441 Å². The Bertz CT molecular complexity index is 8800. The standard InChI is InChI=1S/C29H31N2.C28H27N2.C27H25N2.C26H25N2.C25H23N2/c1-18(2)16-20-10-11-21-12-14-24(31(6)25(21)17-20)26-19(3)9-13-22-23-8-7-15-30-28(23)29(4,5)27(22)26;1-18-8-10-20(11-9-18)21-12-14-30(5)26(16-21)23-17-24-22-7-6-13-29-27(22)28(3,4)25(24)15-19(23)2;1-18-15-24-23(21-11-8-13-28-26(21)27(24,2)3)17-22(18)25-16-20(12-14-29(25)4)19-9-6-5-7-10-19;1-16-8-6-10-21-18(16)13-14-22(28(21)5)23-17(2)11-12-19-20-9-7-15-27-25(20)26(3,4)24(19)23;1-16-11-13-18-19-9-7-15-26-24(19)25(2,3)23(18)22(16)21-14-12-17-8-5-6-10-20(17)27(21)4/h7-15,17-18H,16H2,1-6H3;6-17H,1-5H3;5-17H,1-4H3;6-15H,1-5H3;5-15H,1-4H3/q5*+1/i;;;;2D3. The van der Waals surface area contributed by atoms with Crippen LogP contribution in [-0.4, -0.2) is 24.9 Å². The van der Waals surface area contributed by atoms with Gasteiger partial charge in [0.2, 0.25) is 45.0 Å². The number of rotatable bonds is 9. The average Bonchev–Trinajstić information content (AvgIpc) is 1.52. The highest BCUT2D eigenvalue weighted by atomic mass is 15.0. The summed E-state index contributed by atoms with van der Waals surface area (Å²) in [6.07, 6.45) is 14.8. The van der Waals surface area contributed by atoms with Gasteiger partial charge in [0.25, 0.3) is 0 Å². The minimum atomic E-state index is -2.24. The fraction of sp³-hybridized carbons (Fsp3) is 0.230. The molecule has 0 radical (unpaired) electrons. The topological polar surface area (TPSA) is 83.9 Å². The minimum absolute atomic E-state index is 0.0662. The van der Waals surface area contributed by atoms with Crippen LogP contribution in [0.15, 0.2) is 341 Å². The summed E-state index contributed by atoms with van der Waals surface area (Å²) in [4.78, 5) is 23.6. The Balaban J connectivity index is 0.000000108. The monoisotopic (exact) mass is 1900 g/mol. The van der Waals surface area contributed by atoms with Gasteiger partial charge in [0.15, 0.2) is 12.4 Å². The van der Waals surface area contributed by atoms with Crippen LogP contribution in [0.3, 0.4) is 0 Å². The van der Waals surface area contributed by atoms with Crippen LogP contribution in [0.25, 0.3) is 167 Å². The Morgan fingerprint density at radius 2 is 0.648 bits per heavy atom. The number of hydrogen-bond acceptors (Lipinski definition) is 5. The number of nitrogens with zero attached hydrogens (tertiary/aromatic N) is 10. The lowest BCUT2D eigenvalue weighted by atomic mass is 9.80. The maximum Gasteiger partial charge on any atom is 0.213 e. The molecule has 716 valence electrons. The Hall–Kier alpha value is -15.5. The summed E-state index contributed by atoms with van der Waals surface area (Å²) < 4.78 is 36.8. The summed E-state index contributed by atoms with van der Waals surface area (Å²) in [5, 5.41) is 3.74. The number of para-hydroxylation sites is 1. The molecule has 5 aliphatic rings. The quantitative estimate of drug-likeness (QED) is 0.134. The normalized spacial score (nSPS) is 15.1. The van der Waals surface area contributed by atoms with Crippen molar-refractivity contribution in [3.8, 4) is 134 Å². The van der Waals surface area contributed by atoms with Crippen LogP contribution >= 0.6 is 0 Å². The van der Waals surface area contributed by atoms with Gasteiger partial charge in [-0.25, -0.2) is 9.13 Å². The fourth-order valence-electron chi connectivity index (χ4n) is 24.3. The molecule has 10 nitrogen and oxygen atoms in total. The molecule has 0 bridgehead atoms. The number of aryl methyl sites for hydroxylation is 12. The largest absolute Gasteiger partial charge is 0.260 e. The number of fused-ring (bicyclic) bond motifs is 18. The molecular formula is C135H131N10+5. The van der Waals surface area contributed by atoms with Gasteiger partial charge >= 0.3 is 0 Å². The van der Waals surface area contributed by atoms with E-state index in [4.69, 9.17) is 24.0 Å². The van der Waals surface area contributed by atoms with Crippen molar-refractivity contribution in [2.45, 2.75) is 165 Å². The van der Waals surface area contributed by atoms with Crippen molar-refractivity contribution in [1.82, 2.24) is 24.9 Å². The molecule has 0 saturated heterocycles. The van der Waals surface area contributed by atoms with Gasteiger partial charge in [0.05, 0.1) is 45.2 Å². The highest BCUT2D eigenvalue weighted by molar-refractivity contribution is 5.94. The van der Waals surface area contributed by atoms with E-state index in [1.807, 2.05) is 87.3 Å². The first-order valence-corrected chi connectivity index (χ1v) is 51.1. The molecule has 10 aromatic heterocycles. The molecule has 10 heterocycles. The van der Waals surface area contributed by atoms with Crippen molar-refractivity contribution >= 4 is 32.7 Å². The third-order valence-electron chi connectivity index (χ3n) is 31.9. The second-order valence-electron chi connectivity index (χ2n) is 43.5. The summed E-state index contributed by atoms with van der Waals surface area (Å²) in [7, 11) is 10.7. The lowest BCUT2D eigenvalue weighted by Gasteiger charge is -2.23. The molecule has 0 fully saturated rings. The van der Waals surface area contributed by atoms with Gasteiger partial charge in [-0.3, -0.25) is 24.9 Å². The molecule has 0 aliphatic heterocycles. The van der Waals surface area contributed by atoms with Crippen molar-refractivity contribution in [2.75, 3.05) is 0 Å². The SMILES string of the molecule is Cc1cc2c(cc1-c1cc(-c3ccccc3)cc[n+]1C)-c1cccnc1C2(C)C.Cc1ccc(-c2cc[n+](C)c(-c3cc4c(cc3C)C(C)(C)c3ncccc3-4)c2)cc1.Cc1ccc2c(c1-c1ccc3c(C)cccc3[n+]1C)C(C)(C)c1ncccc1-2.Cc1ccc2c(c1-c1ccc3ccc(CC(C)C)cc3[n+]1C)C(C)(C)c1ncccc1-2.[2H]C([2H])([2H])C1(C)c2ncccc2-c2ccc(C)c(-c3ccc4ccccc4[n+]3C)c21. The molecule has 25 rings (SSSR count). The molecule has 10 heteroatoms. The van der Waals surface area contributed by atoms with Gasteiger partial charge in [-0.2, -0.15) is 13.7 Å². The zero-order valence-electron chi connectivity index (χ0n) is 91.1. The number of aromatic nitrogens is 10. The Kier molecular flexibility index (Phi) is 23.3. The van der Waals surface area contributed by atoms with Crippen molar-refractivity contribution in [2.24, 2.45) is 41.2 Å². The predicted molar refractivity (Wildman–Crippen MR) is 597 cm³/mol. The van der Waals surface area contributed by atoms with Crippen LogP contribution in [0, 0.1) is 54.4 Å². The number of hydrogen-bond donors (Lipinski definition) is 0. The van der Waals surface area contributed by atoms with E-state index >= 15 is 0 Å². The van der Waals surface area contributed by atoms with Crippen molar-refractivity contribution < 1.29 is 26.9 Å². The maximum atomic E-state index is 8.49. The Morgan fingerprint density at radius 3 is 1.10 bits per heavy atom. The first-order chi connectivity index (χ1) is 70.8. The lowest BCUT2D eigenvalue weighted by Crippen LogP contribution is -2.33. The third kappa shape index (κ3) is 16.3. The first-order valence-electron chi connectivity index (χ1n) is 52.6. The van der Waals surface area contributed by atoms with E-state index in [1.54, 1.807) is 6.20 Å². The van der Waals surface area contributed by atoms with E-state index in [-0.39, 0.29) is 21.7 Å². The van der Waals surface area contributed by atoms with Crippen LogP contribution in [0.4, 0.5) is 0 Å². The second kappa shape index (κ2) is 36.7. The summed E-state index contributed by atoms with van der Waals surface area (Å²) >= 11 is 0. The molecule has 145 heavy (non-hydrogen) atoms. The van der Waals surface area contributed by atoms with E-state index in [0.29, 0.717) is 11.6 Å². The molecule has 0 N–H and O–H groups in total. The van der Waals surface area contributed by atoms with Crippen LogP contribution in [0.5, 0.6) is 0 Å². The van der Waals surface area contributed by atoms with E-state index < -0.39 is 12.3 Å². The molecule has 5 aliphatic carbocycles. The summed E-state index contributed by atoms with van der Waals surface area (Å²) in [5.74, 6) is 0.650. The highest BCUT2D eigenvalue weighted by Gasteiger charge is 2.46.